The molecule has 1 aromatic heterocycles. The minimum absolute atomic E-state index is 0.0357. The summed E-state index contributed by atoms with van der Waals surface area (Å²) in [4.78, 5) is 45.6. The number of hydrogen-bond donors (Lipinski definition) is 2. The van der Waals surface area contributed by atoms with Gasteiger partial charge in [0.1, 0.15) is 22.7 Å². The summed E-state index contributed by atoms with van der Waals surface area (Å²) < 4.78 is 12.2. The van der Waals surface area contributed by atoms with Gasteiger partial charge in [0.2, 0.25) is 5.91 Å². The largest absolute Gasteiger partial charge is 0.497 e. The fraction of sp³-hybridized carbons (Fsp3) is 0.520. The zero-order valence-corrected chi connectivity index (χ0v) is 20.7. The SMILES string of the molecule is CCN1C(=O)c2c(C(=O)NCc3cc(OC)ccc3OC)ncn2CC1(C)C(=O)NC1CCCC1. The fourth-order valence-corrected chi connectivity index (χ4v) is 5.04. The van der Waals surface area contributed by atoms with Crippen LogP contribution in [0.4, 0.5) is 0 Å². The summed E-state index contributed by atoms with van der Waals surface area (Å²) in [6.07, 6.45) is 5.58. The van der Waals surface area contributed by atoms with Crippen LogP contribution in [0.15, 0.2) is 24.5 Å². The van der Waals surface area contributed by atoms with Crippen LogP contribution >= 0.6 is 0 Å². The van der Waals surface area contributed by atoms with E-state index in [0.29, 0.717) is 18.0 Å². The molecule has 1 aliphatic carbocycles. The molecule has 3 amide bonds. The van der Waals surface area contributed by atoms with Gasteiger partial charge in [0.15, 0.2) is 5.69 Å². The highest BCUT2D eigenvalue weighted by Crippen LogP contribution is 2.30. The molecule has 0 saturated heterocycles. The fourth-order valence-electron chi connectivity index (χ4n) is 5.04. The van der Waals surface area contributed by atoms with E-state index >= 15 is 0 Å². The topological polar surface area (TPSA) is 115 Å². The Balaban J connectivity index is 1.54. The number of carbonyl (C=O) groups excluding carboxylic acids is 3. The number of likely N-dealkylation sites (N-methyl/N-ethyl adjacent to an activating group) is 1. The molecule has 2 N–H and O–H groups in total. The van der Waals surface area contributed by atoms with E-state index in [1.165, 1.54) is 11.2 Å². The third-order valence-electron chi connectivity index (χ3n) is 7.00. The Kier molecular flexibility index (Phi) is 7.00. The first kappa shape index (κ1) is 24.6. The van der Waals surface area contributed by atoms with E-state index in [1.807, 2.05) is 6.92 Å². The van der Waals surface area contributed by atoms with Gasteiger partial charge in [0.25, 0.3) is 11.8 Å². The summed E-state index contributed by atoms with van der Waals surface area (Å²) in [5, 5.41) is 5.95. The van der Waals surface area contributed by atoms with Gasteiger partial charge in [-0.2, -0.15) is 0 Å². The van der Waals surface area contributed by atoms with Crippen molar-refractivity contribution in [3.05, 3.63) is 41.5 Å². The molecule has 1 aliphatic heterocycles. The molecule has 10 heteroatoms. The molecule has 10 nitrogen and oxygen atoms in total. The second-order valence-corrected chi connectivity index (χ2v) is 9.21. The normalized spacial score (nSPS) is 19.9. The molecule has 2 aromatic rings. The lowest BCUT2D eigenvalue weighted by Crippen LogP contribution is -2.64. The van der Waals surface area contributed by atoms with E-state index in [0.717, 1.165) is 31.2 Å². The van der Waals surface area contributed by atoms with Crippen molar-refractivity contribution in [2.45, 2.75) is 64.2 Å². The maximum atomic E-state index is 13.5. The second kappa shape index (κ2) is 9.97. The maximum absolute atomic E-state index is 13.5. The number of methoxy groups -OCH3 is 2. The molecule has 188 valence electrons. The Morgan fingerprint density at radius 3 is 2.60 bits per heavy atom. The van der Waals surface area contributed by atoms with E-state index in [1.54, 1.807) is 43.9 Å². The number of carbonyl (C=O) groups is 3. The van der Waals surface area contributed by atoms with Crippen molar-refractivity contribution in [3.63, 3.8) is 0 Å². The number of nitrogens with zero attached hydrogens (tertiary/aromatic N) is 3. The van der Waals surface area contributed by atoms with Crippen LogP contribution in [0, 0.1) is 0 Å². The van der Waals surface area contributed by atoms with Crippen molar-refractivity contribution in [3.8, 4) is 11.5 Å². The van der Waals surface area contributed by atoms with Crippen molar-refractivity contribution in [1.29, 1.82) is 0 Å². The molecule has 1 atom stereocenters. The average Bonchev–Trinajstić information content (AvgIpc) is 3.52. The van der Waals surface area contributed by atoms with Crippen LogP contribution in [0.1, 0.15) is 66.1 Å². The molecule has 2 heterocycles. The number of ether oxygens (including phenoxy) is 2. The van der Waals surface area contributed by atoms with Gasteiger partial charge in [0.05, 0.1) is 27.1 Å². The summed E-state index contributed by atoms with van der Waals surface area (Å²) in [7, 11) is 3.12. The number of nitrogens with one attached hydrogen (secondary N) is 2. The highest BCUT2D eigenvalue weighted by Gasteiger charge is 2.48. The van der Waals surface area contributed by atoms with Crippen molar-refractivity contribution in [1.82, 2.24) is 25.1 Å². The van der Waals surface area contributed by atoms with Gasteiger partial charge in [-0.15, -0.1) is 0 Å². The van der Waals surface area contributed by atoms with Crippen molar-refractivity contribution < 1.29 is 23.9 Å². The van der Waals surface area contributed by atoms with Crippen LogP contribution in [0.5, 0.6) is 11.5 Å². The number of aromatic nitrogens is 2. The average molecular weight is 484 g/mol. The molecular formula is C25H33N5O5. The van der Waals surface area contributed by atoms with Crippen LogP contribution < -0.4 is 20.1 Å². The molecule has 1 fully saturated rings. The Hall–Kier alpha value is -3.56. The lowest BCUT2D eigenvalue weighted by molar-refractivity contribution is -0.133. The van der Waals surface area contributed by atoms with Gasteiger partial charge in [-0.05, 0) is 44.9 Å². The lowest BCUT2D eigenvalue weighted by atomic mass is 9.94. The molecule has 0 bridgehead atoms. The number of rotatable bonds is 8. The Bertz CT molecular complexity index is 1120. The third-order valence-corrected chi connectivity index (χ3v) is 7.00. The first-order valence-corrected chi connectivity index (χ1v) is 12.0. The smallest absolute Gasteiger partial charge is 0.273 e. The Morgan fingerprint density at radius 2 is 1.94 bits per heavy atom. The van der Waals surface area contributed by atoms with E-state index in [2.05, 4.69) is 15.6 Å². The maximum Gasteiger partial charge on any atom is 0.273 e. The molecule has 2 aliphatic rings. The zero-order valence-electron chi connectivity index (χ0n) is 20.7. The van der Waals surface area contributed by atoms with Crippen LogP contribution in [-0.4, -0.2) is 64.5 Å². The number of hydrogen-bond acceptors (Lipinski definition) is 6. The van der Waals surface area contributed by atoms with E-state index in [-0.39, 0.29) is 42.3 Å². The van der Waals surface area contributed by atoms with Crippen molar-refractivity contribution in [2.24, 2.45) is 0 Å². The first-order valence-electron chi connectivity index (χ1n) is 12.0. The predicted molar refractivity (Wildman–Crippen MR) is 128 cm³/mol. The second-order valence-electron chi connectivity index (χ2n) is 9.21. The number of fused-ring (bicyclic) bond motifs is 1. The minimum Gasteiger partial charge on any atom is -0.497 e. The predicted octanol–water partition coefficient (Wildman–Crippen LogP) is 2.12. The number of imidazole rings is 1. The quantitative estimate of drug-likeness (QED) is 0.595. The highest BCUT2D eigenvalue weighted by atomic mass is 16.5. The van der Waals surface area contributed by atoms with E-state index in [4.69, 9.17) is 9.47 Å². The first-order chi connectivity index (χ1) is 16.8. The molecule has 1 saturated carbocycles. The van der Waals surface area contributed by atoms with Gasteiger partial charge in [-0.25, -0.2) is 4.98 Å². The van der Waals surface area contributed by atoms with E-state index < -0.39 is 11.4 Å². The highest BCUT2D eigenvalue weighted by molar-refractivity contribution is 6.07. The van der Waals surface area contributed by atoms with Crippen LogP contribution in [0.2, 0.25) is 0 Å². The monoisotopic (exact) mass is 483 g/mol. The van der Waals surface area contributed by atoms with Gasteiger partial charge in [0, 0.05) is 24.7 Å². The van der Waals surface area contributed by atoms with E-state index in [9.17, 15) is 14.4 Å². The van der Waals surface area contributed by atoms with Crippen LogP contribution in [0.3, 0.4) is 0 Å². The van der Waals surface area contributed by atoms with Crippen molar-refractivity contribution in [2.75, 3.05) is 20.8 Å². The molecular weight excluding hydrogens is 450 g/mol. The third kappa shape index (κ3) is 4.56. The summed E-state index contributed by atoms with van der Waals surface area (Å²) in [5.41, 5.74) is -0.114. The zero-order chi connectivity index (χ0) is 25.2. The molecule has 35 heavy (non-hydrogen) atoms. The van der Waals surface area contributed by atoms with Crippen LogP contribution in [-0.2, 0) is 17.9 Å². The molecule has 4 rings (SSSR count). The lowest BCUT2D eigenvalue weighted by Gasteiger charge is -2.43. The molecule has 0 radical (unpaired) electrons. The van der Waals surface area contributed by atoms with Gasteiger partial charge < -0.3 is 29.6 Å². The van der Waals surface area contributed by atoms with Gasteiger partial charge in [-0.3, -0.25) is 14.4 Å². The standard InChI is InChI=1S/C25H33N5O5/c1-5-30-23(32)21-20(22(31)26-13-16-12-18(34-3)10-11-19(16)35-4)27-15-29(21)14-25(30,2)24(33)28-17-8-6-7-9-17/h10-12,15,17H,5-9,13-14H2,1-4H3,(H,26,31)(H,28,33). The minimum atomic E-state index is -1.07. The summed E-state index contributed by atoms with van der Waals surface area (Å²) >= 11 is 0. The Labute approximate surface area is 205 Å². The van der Waals surface area contributed by atoms with Crippen LogP contribution in [0.25, 0.3) is 0 Å². The summed E-state index contributed by atoms with van der Waals surface area (Å²) in [6.45, 7) is 4.33. The number of amides is 3. The Morgan fingerprint density at radius 1 is 1.20 bits per heavy atom. The molecule has 1 unspecified atom stereocenters. The van der Waals surface area contributed by atoms with Gasteiger partial charge in [-0.1, -0.05) is 12.8 Å². The molecule has 1 aromatic carbocycles. The number of benzene rings is 1. The summed E-state index contributed by atoms with van der Waals surface area (Å²) in [5.74, 6) is 0.208. The molecule has 0 spiro atoms. The van der Waals surface area contributed by atoms with Crippen molar-refractivity contribution >= 4 is 17.7 Å². The van der Waals surface area contributed by atoms with Gasteiger partial charge >= 0.3 is 0 Å². The summed E-state index contributed by atoms with van der Waals surface area (Å²) in [6, 6.07) is 5.46.